The summed E-state index contributed by atoms with van der Waals surface area (Å²) in [6, 6.07) is 8.24. The first-order valence-electron chi connectivity index (χ1n) is 10.1. The highest BCUT2D eigenvalue weighted by Gasteiger charge is 2.25. The van der Waals surface area contributed by atoms with E-state index in [0.717, 1.165) is 5.56 Å². The first-order chi connectivity index (χ1) is 14.5. The second-order valence-electron chi connectivity index (χ2n) is 8.20. The Morgan fingerprint density at radius 2 is 1.84 bits per heavy atom. The van der Waals surface area contributed by atoms with Gasteiger partial charge in [-0.3, -0.25) is 9.78 Å². The lowest BCUT2D eigenvalue weighted by atomic mass is 10.1. The number of aromatic amines is 1. The number of nitrogens with one attached hydrogen (secondary N) is 2. The van der Waals surface area contributed by atoms with Crippen molar-refractivity contribution in [1.29, 1.82) is 0 Å². The van der Waals surface area contributed by atoms with Crippen molar-refractivity contribution in [2.45, 2.75) is 65.3 Å². The fourth-order valence-corrected chi connectivity index (χ4v) is 2.78. The Morgan fingerprint density at radius 3 is 2.48 bits per heavy atom. The standard InChI is InChI=1S/C22H29N3O6/c1-15-13-25(20(28)24-18(15)26)12-8-11-17(23-21(29)31-22(2,3)4)19(27)30-14-16-9-6-5-7-10-16/h5-7,9-10,13,17H,8,11-12,14H2,1-4H3,(H,23,29)(H,24,26,28)/t17-/m0/s1. The van der Waals surface area contributed by atoms with E-state index in [1.807, 2.05) is 30.3 Å². The summed E-state index contributed by atoms with van der Waals surface area (Å²) in [5.74, 6) is -0.597. The van der Waals surface area contributed by atoms with Crippen molar-refractivity contribution in [3.8, 4) is 0 Å². The largest absolute Gasteiger partial charge is 0.459 e. The molecule has 168 valence electrons. The van der Waals surface area contributed by atoms with Crippen LogP contribution in [0.5, 0.6) is 0 Å². The van der Waals surface area contributed by atoms with Crippen molar-refractivity contribution < 1.29 is 19.1 Å². The quantitative estimate of drug-likeness (QED) is 0.619. The number of aryl methyl sites for hydroxylation is 2. The maximum atomic E-state index is 12.6. The Hall–Kier alpha value is -3.36. The van der Waals surface area contributed by atoms with Crippen LogP contribution in [0.4, 0.5) is 4.79 Å². The van der Waals surface area contributed by atoms with Gasteiger partial charge in [0, 0.05) is 18.3 Å². The summed E-state index contributed by atoms with van der Waals surface area (Å²) in [7, 11) is 0. The van der Waals surface area contributed by atoms with Gasteiger partial charge in [0.2, 0.25) is 0 Å². The molecule has 0 aliphatic carbocycles. The molecule has 0 saturated heterocycles. The first kappa shape index (κ1) is 23.9. The summed E-state index contributed by atoms with van der Waals surface area (Å²) in [6.07, 6.45) is 1.33. The predicted molar refractivity (Wildman–Crippen MR) is 115 cm³/mol. The van der Waals surface area contributed by atoms with Crippen LogP contribution < -0.4 is 16.6 Å². The molecule has 1 aromatic carbocycles. The number of amides is 1. The van der Waals surface area contributed by atoms with Crippen LogP contribution in [0.15, 0.2) is 46.1 Å². The van der Waals surface area contributed by atoms with Crippen LogP contribution in [-0.4, -0.2) is 33.3 Å². The third kappa shape index (κ3) is 8.12. The number of aromatic nitrogens is 2. The minimum absolute atomic E-state index is 0.0742. The fraction of sp³-hybridized carbons (Fsp3) is 0.455. The van der Waals surface area contributed by atoms with E-state index in [0.29, 0.717) is 12.0 Å². The Bertz CT molecular complexity index is 1000. The van der Waals surface area contributed by atoms with E-state index in [-0.39, 0.29) is 19.6 Å². The molecule has 0 saturated carbocycles. The Kier molecular flexibility index (Phi) is 8.18. The summed E-state index contributed by atoms with van der Waals surface area (Å²) in [6.45, 7) is 7.10. The summed E-state index contributed by atoms with van der Waals surface area (Å²) in [4.78, 5) is 50.5. The molecule has 0 radical (unpaired) electrons. The van der Waals surface area contributed by atoms with Crippen molar-refractivity contribution in [2.75, 3.05) is 0 Å². The van der Waals surface area contributed by atoms with E-state index in [9.17, 15) is 19.2 Å². The third-order valence-electron chi connectivity index (χ3n) is 4.28. The zero-order valence-electron chi connectivity index (χ0n) is 18.3. The second-order valence-corrected chi connectivity index (χ2v) is 8.20. The summed E-state index contributed by atoms with van der Waals surface area (Å²) >= 11 is 0. The summed E-state index contributed by atoms with van der Waals surface area (Å²) < 4.78 is 12.0. The van der Waals surface area contributed by atoms with Gasteiger partial charge < -0.3 is 19.4 Å². The van der Waals surface area contributed by atoms with E-state index in [1.54, 1.807) is 27.7 Å². The fourth-order valence-electron chi connectivity index (χ4n) is 2.78. The second kappa shape index (κ2) is 10.6. The number of H-pyrrole nitrogens is 1. The number of hydrogen-bond donors (Lipinski definition) is 2. The molecule has 2 rings (SSSR count). The van der Waals surface area contributed by atoms with Gasteiger partial charge >= 0.3 is 17.8 Å². The average Bonchev–Trinajstić information content (AvgIpc) is 2.68. The Labute approximate surface area is 180 Å². The number of ether oxygens (including phenoxy) is 2. The van der Waals surface area contributed by atoms with Gasteiger partial charge in [-0.25, -0.2) is 14.4 Å². The zero-order valence-corrected chi connectivity index (χ0v) is 18.3. The lowest BCUT2D eigenvalue weighted by molar-refractivity contribution is -0.147. The van der Waals surface area contributed by atoms with Crippen LogP contribution in [0.3, 0.4) is 0 Å². The van der Waals surface area contributed by atoms with E-state index < -0.39 is 35.0 Å². The minimum atomic E-state index is -0.946. The minimum Gasteiger partial charge on any atom is -0.459 e. The van der Waals surface area contributed by atoms with Gasteiger partial charge in [0.25, 0.3) is 5.56 Å². The number of carbonyl (C=O) groups is 2. The molecule has 0 aliphatic heterocycles. The van der Waals surface area contributed by atoms with Crippen molar-refractivity contribution in [2.24, 2.45) is 0 Å². The molecule has 0 fully saturated rings. The molecule has 2 aromatic rings. The van der Waals surface area contributed by atoms with Gasteiger partial charge in [-0.05, 0) is 46.1 Å². The zero-order chi connectivity index (χ0) is 23.0. The molecule has 9 nitrogen and oxygen atoms in total. The first-order valence-corrected chi connectivity index (χ1v) is 10.1. The SMILES string of the molecule is Cc1cn(CCC[C@H](NC(=O)OC(C)(C)C)C(=O)OCc2ccccc2)c(=O)[nH]c1=O. The number of rotatable bonds is 8. The molecule has 2 N–H and O–H groups in total. The molecular weight excluding hydrogens is 402 g/mol. The molecule has 0 unspecified atom stereocenters. The highest BCUT2D eigenvalue weighted by molar-refractivity contribution is 5.81. The van der Waals surface area contributed by atoms with Crippen LogP contribution in [-0.2, 0) is 27.4 Å². The molecule has 1 atom stereocenters. The summed E-state index contributed by atoms with van der Waals surface area (Å²) in [5, 5.41) is 2.55. The molecule has 0 bridgehead atoms. The Morgan fingerprint density at radius 1 is 1.16 bits per heavy atom. The maximum Gasteiger partial charge on any atom is 0.408 e. The average molecular weight is 431 g/mol. The molecule has 0 aliphatic rings. The third-order valence-corrected chi connectivity index (χ3v) is 4.28. The van der Waals surface area contributed by atoms with Crippen molar-refractivity contribution in [3.05, 3.63) is 68.5 Å². The van der Waals surface area contributed by atoms with E-state index in [2.05, 4.69) is 10.3 Å². The van der Waals surface area contributed by atoms with Gasteiger partial charge in [0.05, 0.1) is 0 Å². The molecular formula is C22H29N3O6. The van der Waals surface area contributed by atoms with Gasteiger partial charge in [0.15, 0.2) is 0 Å². The molecule has 1 heterocycles. The van der Waals surface area contributed by atoms with Crippen LogP contribution in [0, 0.1) is 6.92 Å². The molecule has 1 amide bonds. The van der Waals surface area contributed by atoms with Gasteiger partial charge in [0.1, 0.15) is 18.2 Å². The highest BCUT2D eigenvalue weighted by atomic mass is 16.6. The monoisotopic (exact) mass is 431 g/mol. The Balaban J connectivity index is 2.03. The molecule has 9 heteroatoms. The number of nitrogens with zero attached hydrogens (tertiary/aromatic N) is 1. The van der Waals surface area contributed by atoms with Gasteiger partial charge in [-0.1, -0.05) is 30.3 Å². The van der Waals surface area contributed by atoms with Crippen molar-refractivity contribution in [1.82, 2.24) is 14.9 Å². The normalized spacial score (nSPS) is 12.1. The van der Waals surface area contributed by atoms with E-state index >= 15 is 0 Å². The number of hydrogen-bond acceptors (Lipinski definition) is 6. The molecule has 31 heavy (non-hydrogen) atoms. The van der Waals surface area contributed by atoms with Crippen molar-refractivity contribution in [3.63, 3.8) is 0 Å². The van der Waals surface area contributed by atoms with E-state index in [4.69, 9.17) is 9.47 Å². The lowest BCUT2D eigenvalue weighted by Gasteiger charge is -2.23. The topological polar surface area (TPSA) is 119 Å². The smallest absolute Gasteiger partial charge is 0.408 e. The van der Waals surface area contributed by atoms with Crippen LogP contribution in [0.25, 0.3) is 0 Å². The van der Waals surface area contributed by atoms with Crippen molar-refractivity contribution >= 4 is 12.1 Å². The molecule has 0 spiro atoms. The number of benzene rings is 1. The van der Waals surface area contributed by atoms with Gasteiger partial charge in [-0.2, -0.15) is 0 Å². The molecule has 1 aromatic heterocycles. The number of esters is 1. The van der Waals surface area contributed by atoms with Crippen LogP contribution in [0.1, 0.15) is 44.7 Å². The van der Waals surface area contributed by atoms with Crippen LogP contribution >= 0.6 is 0 Å². The lowest BCUT2D eigenvalue weighted by Crippen LogP contribution is -2.44. The van der Waals surface area contributed by atoms with Gasteiger partial charge in [-0.15, -0.1) is 0 Å². The predicted octanol–water partition coefficient (Wildman–Crippen LogP) is 2.26. The highest BCUT2D eigenvalue weighted by Crippen LogP contribution is 2.10. The number of carbonyl (C=O) groups excluding carboxylic acids is 2. The summed E-state index contributed by atoms with van der Waals surface area (Å²) in [5.41, 5.74) is -0.454. The number of alkyl carbamates (subject to hydrolysis) is 1. The maximum absolute atomic E-state index is 12.6. The van der Waals surface area contributed by atoms with Crippen LogP contribution in [0.2, 0.25) is 0 Å². The van der Waals surface area contributed by atoms with E-state index in [1.165, 1.54) is 10.8 Å².